The molecule has 0 saturated heterocycles. The van der Waals surface area contributed by atoms with Gasteiger partial charge in [-0.25, -0.2) is 4.79 Å². The van der Waals surface area contributed by atoms with Crippen LogP contribution in [0.1, 0.15) is 15.9 Å². The number of hydrogen-bond acceptors (Lipinski definition) is 2. The Kier molecular flexibility index (Phi) is 3.84. The van der Waals surface area contributed by atoms with Crippen molar-refractivity contribution in [1.82, 2.24) is 0 Å². The zero-order valence-corrected chi connectivity index (χ0v) is 9.06. The van der Waals surface area contributed by atoms with Gasteiger partial charge in [0.25, 0.3) is 0 Å². The molecule has 3 nitrogen and oxygen atoms in total. The van der Waals surface area contributed by atoms with E-state index in [4.69, 9.17) is 34.0 Å². The Bertz CT molecular complexity index is 460. The van der Waals surface area contributed by atoms with E-state index in [0.717, 1.165) is 0 Å². The molecule has 0 fully saturated rings. The van der Waals surface area contributed by atoms with Crippen molar-refractivity contribution in [3.8, 4) is 11.8 Å². The van der Waals surface area contributed by atoms with E-state index in [9.17, 15) is 4.79 Å². The predicted octanol–water partition coefficient (Wildman–Crippen LogP) is 2.21. The molecule has 0 unspecified atom stereocenters. The third-order valence-corrected chi connectivity index (χ3v) is 2.02. The molecule has 15 heavy (non-hydrogen) atoms. The first-order chi connectivity index (χ1) is 7.06. The number of alkyl halides is 1. The second-order valence-electron chi connectivity index (χ2n) is 2.66. The normalized spacial score (nSPS) is 9.20. The largest absolute Gasteiger partial charge is 0.478 e. The summed E-state index contributed by atoms with van der Waals surface area (Å²) in [6.45, 7) is 0. The minimum Gasteiger partial charge on any atom is -0.478 e. The maximum absolute atomic E-state index is 10.8. The first-order valence-electron chi connectivity index (χ1n) is 3.93. The van der Waals surface area contributed by atoms with Gasteiger partial charge in [-0.15, -0.1) is 11.6 Å². The molecule has 78 valence electrons. The fraction of sp³-hybridized carbons (Fsp3) is 0.100. The van der Waals surface area contributed by atoms with Crippen LogP contribution < -0.4 is 5.73 Å². The highest BCUT2D eigenvalue weighted by Gasteiger charge is 2.11. The Hall–Kier alpha value is -1.37. The average molecular weight is 244 g/mol. The highest BCUT2D eigenvalue weighted by molar-refractivity contribution is 6.31. The number of halogens is 2. The molecule has 0 amide bonds. The molecule has 1 aromatic carbocycles. The number of nitrogen functional groups attached to an aromatic ring is 1. The summed E-state index contributed by atoms with van der Waals surface area (Å²) in [6, 6.07) is 2.79. The summed E-state index contributed by atoms with van der Waals surface area (Å²) in [7, 11) is 0. The Morgan fingerprint density at radius 1 is 1.53 bits per heavy atom. The number of anilines is 1. The number of carboxylic acid groups (broad SMARTS) is 1. The summed E-state index contributed by atoms with van der Waals surface area (Å²) in [5.41, 5.74) is 6.03. The summed E-state index contributed by atoms with van der Waals surface area (Å²) >= 11 is 11.1. The van der Waals surface area contributed by atoms with Crippen molar-refractivity contribution >= 4 is 34.9 Å². The van der Waals surface area contributed by atoms with Crippen molar-refractivity contribution in [3.63, 3.8) is 0 Å². The molecule has 0 aromatic heterocycles. The minimum atomic E-state index is -1.14. The van der Waals surface area contributed by atoms with E-state index in [-0.39, 0.29) is 22.2 Å². The molecule has 5 heteroatoms. The molecule has 1 aromatic rings. The van der Waals surface area contributed by atoms with E-state index in [0.29, 0.717) is 5.56 Å². The fourth-order valence-electron chi connectivity index (χ4n) is 1.03. The van der Waals surface area contributed by atoms with E-state index in [1.54, 1.807) is 0 Å². The van der Waals surface area contributed by atoms with E-state index in [1.165, 1.54) is 12.1 Å². The molecule has 0 spiro atoms. The lowest BCUT2D eigenvalue weighted by Crippen LogP contribution is -2.04. The van der Waals surface area contributed by atoms with Gasteiger partial charge in [0.1, 0.15) is 0 Å². The van der Waals surface area contributed by atoms with Gasteiger partial charge in [-0.3, -0.25) is 0 Å². The molecule has 0 radical (unpaired) electrons. The maximum atomic E-state index is 10.8. The van der Waals surface area contributed by atoms with E-state index in [2.05, 4.69) is 11.8 Å². The minimum absolute atomic E-state index is 0.0543. The van der Waals surface area contributed by atoms with Crippen LogP contribution in [0.3, 0.4) is 0 Å². The standard InChI is InChI=1S/C10H7Cl2NO2/c11-3-1-2-6-4-7(12)5-8(9(6)13)10(14)15/h4-5H,3,13H2,(H,14,15). The molecule has 0 saturated carbocycles. The summed E-state index contributed by atoms with van der Waals surface area (Å²) in [5.74, 6) is 4.24. The van der Waals surface area contributed by atoms with Crippen LogP contribution in [0.5, 0.6) is 0 Å². The van der Waals surface area contributed by atoms with Crippen molar-refractivity contribution in [2.24, 2.45) is 0 Å². The van der Waals surface area contributed by atoms with Gasteiger partial charge in [0.2, 0.25) is 0 Å². The molecule has 0 aliphatic carbocycles. The van der Waals surface area contributed by atoms with Gasteiger partial charge in [0, 0.05) is 10.6 Å². The van der Waals surface area contributed by atoms with Crippen molar-refractivity contribution in [3.05, 3.63) is 28.3 Å². The Morgan fingerprint density at radius 3 is 2.73 bits per heavy atom. The van der Waals surface area contributed by atoms with Gasteiger partial charge in [0.05, 0.1) is 17.1 Å². The molecule has 0 aliphatic rings. The molecule has 0 heterocycles. The van der Waals surface area contributed by atoms with E-state index >= 15 is 0 Å². The van der Waals surface area contributed by atoms with Crippen LogP contribution in [0.2, 0.25) is 5.02 Å². The lowest BCUT2D eigenvalue weighted by molar-refractivity contribution is 0.0698. The van der Waals surface area contributed by atoms with Crippen molar-refractivity contribution < 1.29 is 9.90 Å². The summed E-state index contributed by atoms with van der Waals surface area (Å²) in [5, 5.41) is 9.11. The number of benzene rings is 1. The number of aromatic carboxylic acids is 1. The molecule has 3 N–H and O–H groups in total. The van der Waals surface area contributed by atoms with E-state index in [1.807, 2.05) is 0 Å². The molecular formula is C10H7Cl2NO2. The number of nitrogens with two attached hydrogens (primary N) is 1. The number of carbonyl (C=O) groups is 1. The van der Waals surface area contributed by atoms with Crippen LogP contribution in [-0.4, -0.2) is 17.0 Å². The van der Waals surface area contributed by atoms with Crippen LogP contribution in [0.4, 0.5) is 5.69 Å². The van der Waals surface area contributed by atoms with Crippen LogP contribution in [0, 0.1) is 11.8 Å². The zero-order chi connectivity index (χ0) is 11.4. The number of carboxylic acids is 1. The summed E-state index contributed by atoms with van der Waals surface area (Å²) in [6.07, 6.45) is 0. The first-order valence-corrected chi connectivity index (χ1v) is 4.84. The quantitative estimate of drug-likeness (QED) is 0.452. The fourth-order valence-corrected chi connectivity index (χ4v) is 1.31. The van der Waals surface area contributed by atoms with Crippen LogP contribution in [0.25, 0.3) is 0 Å². The summed E-state index contributed by atoms with van der Waals surface area (Å²) < 4.78 is 0. The third kappa shape index (κ3) is 2.79. The van der Waals surface area contributed by atoms with Gasteiger partial charge in [0.15, 0.2) is 0 Å². The molecule has 1 rings (SSSR count). The Balaban J connectivity index is 3.34. The lowest BCUT2D eigenvalue weighted by atomic mass is 10.1. The average Bonchev–Trinajstić information content (AvgIpc) is 2.18. The second kappa shape index (κ2) is 4.92. The topological polar surface area (TPSA) is 63.3 Å². The SMILES string of the molecule is Nc1c(C#CCCl)cc(Cl)cc1C(=O)O. The van der Waals surface area contributed by atoms with Gasteiger partial charge >= 0.3 is 5.97 Å². The monoisotopic (exact) mass is 243 g/mol. The lowest BCUT2D eigenvalue weighted by Gasteiger charge is -2.04. The van der Waals surface area contributed by atoms with Crippen LogP contribution >= 0.6 is 23.2 Å². The maximum Gasteiger partial charge on any atom is 0.337 e. The van der Waals surface area contributed by atoms with Crippen molar-refractivity contribution in [2.45, 2.75) is 0 Å². The van der Waals surface area contributed by atoms with Crippen LogP contribution in [0.15, 0.2) is 12.1 Å². The van der Waals surface area contributed by atoms with Crippen molar-refractivity contribution in [2.75, 3.05) is 11.6 Å². The zero-order valence-electron chi connectivity index (χ0n) is 7.55. The van der Waals surface area contributed by atoms with Gasteiger partial charge in [-0.2, -0.15) is 0 Å². The summed E-state index contributed by atoms with van der Waals surface area (Å²) in [4.78, 5) is 10.8. The van der Waals surface area contributed by atoms with E-state index < -0.39 is 5.97 Å². The Labute approximate surface area is 96.8 Å². The Morgan fingerprint density at radius 2 is 2.20 bits per heavy atom. The molecule has 0 atom stereocenters. The third-order valence-electron chi connectivity index (χ3n) is 1.67. The first kappa shape index (κ1) is 11.7. The molecule has 0 aliphatic heterocycles. The van der Waals surface area contributed by atoms with Crippen LogP contribution in [-0.2, 0) is 0 Å². The van der Waals surface area contributed by atoms with Gasteiger partial charge in [-0.1, -0.05) is 23.4 Å². The number of rotatable bonds is 1. The second-order valence-corrected chi connectivity index (χ2v) is 3.36. The predicted molar refractivity (Wildman–Crippen MR) is 60.4 cm³/mol. The highest BCUT2D eigenvalue weighted by atomic mass is 35.5. The van der Waals surface area contributed by atoms with Gasteiger partial charge < -0.3 is 10.8 Å². The van der Waals surface area contributed by atoms with Crippen molar-refractivity contribution in [1.29, 1.82) is 0 Å². The molecule has 0 bridgehead atoms. The highest BCUT2D eigenvalue weighted by Crippen LogP contribution is 2.22. The molecular weight excluding hydrogens is 237 g/mol. The smallest absolute Gasteiger partial charge is 0.337 e. The van der Waals surface area contributed by atoms with Gasteiger partial charge in [-0.05, 0) is 12.1 Å². The number of hydrogen-bond donors (Lipinski definition) is 2.